The average Bonchev–Trinajstić information content (AvgIpc) is 3.13. The zero-order chi connectivity index (χ0) is 21.3. The Bertz CT molecular complexity index is 1160. The normalized spacial score (nSPS) is 14.9. The molecule has 2 heterocycles. The van der Waals surface area contributed by atoms with Gasteiger partial charge in [0.1, 0.15) is 10.9 Å². The Morgan fingerprint density at radius 2 is 1.93 bits per heavy atom. The number of amides is 1. The van der Waals surface area contributed by atoms with Gasteiger partial charge in [-0.15, -0.1) is 11.3 Å². The van der Waals surface area contributed by atoms with Gasteiger partial charge in [-0.05, 0) is 55.2 Å². The van der Waals surface area contributed by atoms with Gasteiger partial charge >= 0.3 is 0 Å². The van der Waals surface area contributed by atoms with E-state index >= 15 is 0 Å². The van der Waals surface area contributed by atoms with Crippen LogP contribution in [0, 0.1) is 0 Å². The summed E-state index contributed by atoms with van der Waals surface area (Å²) in [6.07, 6.45) is 7.26. The van der Waals surface area contributed by atoms with Crippen molar-refractivity contribution in [2.45, 2.75) is 58.4 Å². The van der Waals surface area contributed by atoms with Crippen LogP contribution in [-0.2, 0) is 17.6 Å². The largest absolute Gasteiger partial charge is 0.286 e. The van der Waals surface area contributed by atoms with Gasteiger partial charge in [0, 0.05) is 4.88 Å². The number of fused-ring (bicyclic) bond motifs is 3. The number of carbonyl (C=O) groups is 1. The molecule has 156 valence electrons. The summed E-state index contributed by atoms with van der Waals surface area (Å²) in [7, 11) is 0. The number of thiophene rings is 1. The minimum absolute atomic E-state index is 0.143. The van der Waals surface area contributed by atoms with E-state index in [2.05, 4.69) is 41.5 Å². The second-order valence-corrected chi connectivity index (χ2v) is 9.16. The number of nitrogens with one attached hydrogen (secondary N) is 1. The molecule has 0 aliphatic heterocycles. The summed E-state index contributed by atoms with van der Waals surface area (Å²) in [6.45, 7) is 5.98. The monoisotopic (exact) mass is 422 g/mol. The number of hydrogen-bond donors (Lipinski definition) is 1. The van der Waals surface area contributed by atoms with Crippen molar-refractivity contribution >= 4 is 33.7 Å². The molecule has 4 rings (SSSR count). The highest BCUT2D eigenvalue weighted by Gasteiger charge is 2.23. The van der Waals surface area contributed by atoms with Crippen molar-refractivity contribution in [2.24, 2.45) is 5.10 Å². The first-order chi connectivity index (χ1) is 14.5. The second-order valence-electron chi connectivity index (χ2n) is 8.08. The summed E-state index contributed by atoms with van der Waals surface area (Å²) in [5.41, 5.74) is 5.68. The van der Waals surface area contributed by atoms with Crippen molar-refractivity contribution in [3.63, 3.8) is 0 Å². The maximum atomic E-state index is 13.1. The Morgan fingerprint density at radius 1 is 1.20 bits per heavy atom. The molecule has 0 fully saturated rings. The summed E-state index contributed by atoms with van der Waals surface area (Å²) in [5, 5.41) is 4.74. The number of benzene rings is 1. The minimum Gasteiger partial charge on any atom is -0.286 e. The van der Waals surface area contributed by atoms with Crippen molar-refractivity contribution < 1.29 is 4.79 Å². The van der Waals surface area contributed by atoms with Gasteiger partial charge in [-0.3, -0.25) is 14.2 Å². The van der Waals surface area contributed by atoms with Crippen molar-refractivity contribution in [2.75, 3.05) is 0 Å². The smallest absolute Gasteiger partial charge is 0.263 e. The van der Waals surface area contributed by atoms with Crippen LogP contribution in [0.15, 0.2) is 40.5 Å². The van der Waals surface area contributed by atoms with Crippen molar-refractivity contribution in [1.29, 1.82) is 0 Å². The molecule has 1 aromatic carbocycles. The molecule has 7 heteroatoms. The summed E-state index contributed by atoms with van der Waals surface area (Å²) in [6, 6.07) is 7.35. The molecule has 1 aliphatic rings. The maximum absolute atomic E-state index is 13.1. The van der Waals surface area contributed by atoms with E-state index in [-0.39, 0.29) is 11.5 Å². The third kappa shape index (κ3) is 3.94. The third-order valence-corrected chi connectivity index (χ3v) is 6.89. The molecule has 0 bridgehead atoms. The Kier molecular flexibility index (Phi) is 5.81. The van der Waals surface area contributed by atoms with Gasteiger partial charge < -0.3 is 0 Å². The molecule has 0 spiro atoms. The van der Waals surface area contributed by atoms with Gasteiger partial charge in [-0.2, -0.15) is 5.10 Å². The van der Waals surface area contributed by atoms with E-state index in [0.29, 0.717) is 11.3 Å². The molecular weight excluding hydrogens is 396 g/mol. The number of nitrogens with zero attached hydrogens (tertiary/aromatic N) is 3. The lowest BCUT2D eigenvalue weighted by atomic mass is 9.97. The molecule has 1 aliphatic carbocycles. The summed E-state index contributed by atoms with van der Waals surface area (Å²) in [5.74, 6) is 0.118. The molecule has 3 aromatic rings. The quantitative estimate of drug-likeness (QED) is 0.495. The Morgan fingerprint density at radius 3 is 2.67 bits per heavy atom. The molecule has 0 saturated heterocycles. The molecule has 6 nitrogen and oxygen atoms in total. The van der Waals surface area contributed by atoms with Crippen LogP contribution in [0.4, 0.5) is 0 Å². The van der Waals surface area contributed by atoms with E-state index in [1.807, 2.05) is 12.1 Å². The molecule has 1 amide bonds. The van der Waals surface area contributed by atoms with Crippen molar-refractivity contribution in [3.8, 4) is 0 Å². The van der Waals surface area contributed by atoms with E-state index in [1.165, 1.54) is 21.3 Å². The van der Waals surface area contributed by atoms with Gasteiger partial charge in [0.15, 0.2) is 0 Å². The topological polar surface area (TPSA) is 76.3 Å². The number of aromatic nitrogens is 2. The van der Waals surface area contributed by atoms with Crippen LogP contribution in [0.2, 0.25) is 0 Å². The van der Waals surface area contributed by atoms with Gasteiger partial charge in [0.2, 0.25) is 0 Å². The zero-order valence-electron chi connectivity index (χ0n) is 17.5. The highest BCUT2D eigenvalue weighted by Crippen LogP contribution is 2.33. The van der Waals surface area contributed by atoms with Crippen LogP contribution < -0.4 is 11.0 Å². The van der Waals surface area contributed by atoms with Crippen molar-refractivity contribution in [3.05, 3.63) is 62.5 Å². The summed E-state index contributed by atoms with van der Waals surface area (Å²) >= 11 is 1.61. The first kappa shape index (κ1) is 20.5. The first-order valence-corrected chi connectivity index (χ1v) is 11.2. The van der Waals surface area contributed by atoms with Gasteiger partial charge in [0.25, 0.3) is 11.5 Å². The predicted molar refractivity (Wildman–Crippen MR) is 122 cm³/mol. The van der Waals surface area contributed by atoms with Crippen LogP contribution in [0.5, 0.6) is 0 Å². The van der Waals surface area contributed by atoms with E-state index < -0.39 is 6.04 Å². The summed E-state index contributed by atoms with van der Waals surface area (Å²) in [4.78, 5) is 32.2. The predicted octanol–water partition coefficient (Wildman–Crippen LogP) is 4.17. The number of hydrazone groups is 1. The average molecular weight is 423 g/mol. The molecule has 2 aromatic heterocycles. The van der Waals surface area contributed by atoms with Crippen LogP contribution in [0.25, 0.3) is 10.2 Å². The fourth-order valence-corrected chi connectivity index (χ4v) is 5.01. The molecule has 0 saturated carbocycles. The molecule has 1 atom stereocenters. The highest BCUT2D eigenvalue weighted by molar-refractivity contribution is 7.18. The van der Waals surface area contributed by atoms with E-state index in [0.717, 1.165) is 41.6 Å². The number of aryl methyl sites for hydroxylation is 2. The van der Waals surface area contributed by atoms with E-state index in [9.17, 15) is 9.59 Å². The number of rotatable bonds is 5. The van der Waals surface area contributed by atoms with Gasteiger partial charge in [-0.25, -0.2) is 10.4 Å². The fraction of sp³-hybridized carbons (Fsp3) is 0.391. The van der Waals surface area contributed by atoms with Crippen LogP contribution in [-0.4, -0.2) is 21.7 Å². The Labute approximate surface area is 179 Å². The maximum Gasteiger partial charge on any atom is 0.263 e. The SMILES string of the molecule is CC(C)c1ccc(C=NNC(=O)[C@@H](C)n2cnc3sc4c(c3c2=O)CCCC4)cc1. The Balaban J connectivity index is 1.50. The molecule has 30 heavy (non-hydrogen) atoms. The molecule has 0 unspecified atom stereocenters. The summed E-state index contributed by atoms with van der Waals surface area (Å²) < 4.78 is 1.41. The second kappa shape index (κ2) is 8.52. The Hall–Kier alpha value is -2.80. The van der Waals surface area contributed by atoms with Crippen LogP contribution >= 0.6 is 11.3 Å². The lowest BCUT2D eigenvalue weighted by Gasteiger charge is -2.14. The van der Waals surface area contributed by atoms with Crippen molar-refractivity contribution in [1.82, 2.24) is 15.0 Å². The number of hydrogen-bond acceptors (Lipinski definition) is 5. The third-order valence-electron chi connectivity index (χ3n) is 5.69. The minimum atomic E-state index is -0.700. The molecular formula is C23H26N4O2S. The molecule has 1 N–H and O–H groups in total. The fourth-order valence-electron chi connectivity index (χ4n) is 3.79. The standard InChI is InChI=1S/C23H26N4O2S/c1-14(2)17-10-8-16(9-11-17)12-25-26-21(28)15(3)27-13-24-22-20(23(27)29)18-6-4-5-7-19(18)30-22/h8-15H,4-7H2,1-3H3,(H,26,28)/t15-/m1/s1. The lowest BCUT2D eigenvalue weighted by Crippen LogP contribution is -2.34. The van der Waals surface area contributed by atoms with E-state index in [1.54, 1.807) is 24.5 Å². The van der Waals surface area contributed by atoms with Gasteiger partial charge in [-0.1, -0.05) is 38.1 Å². The lowest BCUT2D eigenvalue weighted by molar-refractivity contribution is -0.123. The van der Waals surface area contributed by atoms with Crippen LogP contribution in [0.3, 0.4) is 0 Å². The van der Waals surface area contributed by atoms with Crippen LogP contribution in [0.1, 0.15) is 67.1 Å². The molecule has 0 radical (unpaired) electrons. The number of carbonyl (C=O) groups excluding carboxylic acids is 1. The highest BCUT2D eigenvalue weighted by atomic mass is 32.1. The first-order valence-electron chi connectivity index (χ1n) is 10.4. The zero-order valence-corrected chi connectivity index (χ0v) is 18.3. The van der Waals surface area contributed by atoms with E-state index in [4.69, 9.17) is 0 Å². The van der Waals surface area contributed by atoms with Gasteiger partial charge in [0.05, 0.1) is 17.9 Å².